The molecule has 101 valence electrons. The van der Waals surface area contributed by atoms with E-state index in [1.54, 1.807) is 0 Å². The van der Waals surface area contributed by atoms with Crippen molar-refractivity contribution in [3.05, 3.63) is 0 Å². The van der Waals surface area contributed by atoms with Gasteiger partial charge in [-0.2, -0.15) is 0 Å². The van der Waals surface area contributed by atoms with Crippen LogP contribution in [0.5, 0.6) is 0 Å². The zero-order chi connectivity index (χ0) is 12.0. The van der Waals surface area contributed by atoms with Crippen LogP contribution in [0, 0.1) is 0 Å². The normalized spacial score (nSPS) is 22.1. The first-order valence-corrected chi connectivity index (χ1v) is 5.89. The van der Waals surface area contributed by atoms with E-state index in [0.29, 0.717) is 12.3 Å². The Morgan fingerprint density at radius 2 is 1.94 bits per heavy atom. The largest absolute Gasteiger partial charge is 0.478 e. The van der Waals surface area contributed by atoms with Crippen molar-refractivity contribution < 1.29 is 27.0 Å². The average Bonchev–Trinajstić information content (AvgIpc) is 2.68. The number of aliphatic carboxylic acids is 1. The molecule has 1 unspecified atom stereocenters. The molecule has 1 heterocycles. The molecule has 1 atom stereocenters. The average molecular weight is 289 g/mol. The van der Waals surface area contributed by atoms with Gasteiger partial charge in [0.2, 0.25) is 0 Å². The third-order valence-corrected chi connectivity index (χ3v) is 2.62. The predicted molar refractivity (Wildman–Crippen MR) is 61.7 cm³/mol. The fraction of sp³-hybridized carbons (Fsp3) is 0.818. The van der Waals surface area contributed by atoms with E-state index in [1.165, 1.54) is 0 Å². The summed E-state index contributed by atoms with van der Waals surface area (Å²) in [6, 6.07) is 0. The Labute approximate surface area is 112 Å². The summed E-state index contributed by atoms with van der Waals surface area (Å²) in [5, 5.41) is 16.9. The molecule has 1 rings (SSSR count). The van der Waals surface area contributed by atoms with E-state index < -0.39 is 11.6 Å². The maximum absolute atomic E-state index is 11.2. The molecule has 0 spiro atoms. The van der Waals surface area contributed by atoms with Crippen molar-refractivity contribution in [1.29, 1.82) is 0 Å². The summed E-state index contributed by atoms with van der Waals surface area (Å²) in [4.78, 5) is 15.4. The van der Waals surface area contributed by atoms with Gasteiger partial charge < -0.3 is 5.11 Å². The summed E-state index contributed by atoms with van der Waals surface area (Å²) in [6.45, 7) is 4.09. The number of hydrogen-bond acceptors (Lipinski definition) is 4. The molecular formula is C11H19CuN3O2. The molecule has 0 saturated heterocycles. The predicted octanol–water partition coefficient (Wildman–Crippen LogP) is 3.01. The molecule has 1 radical (unpaired) electrons. The molecule has 0 aromatic rings. The Hall–Kier alpha value is -0.741. The van der Waals surface area contributed by atoms with Crippen LogP contribution in [0.15, 0.2) is 15.2 Å². The SMILES string of the molecule is CCCCC1=NC(CCCC)(C(=O)O)N=N1.[Cu]. The Kier molecular flexibility index (Phi) is 7.23. The Bertz CT molecular complexity index is 318. The van der Waals surface area contributed by atoms with Gasteiger partial charge in [0.05, 0.1) is 0 Å². The van der Waals surface area contributed by atoms with Crippen LogP contribution in [-0.2, 0) is 21.9 Å². The first-order valence-electron chi connectivity index (χ1n) is 5.89. The molecule has 0 bridgehead atoms. The van der Waals surface area contributed by atoms with Gasteiger partial charge in [-0.25, -0.2) is 9.79 Å². The van der Waals surface area contributed by atoms with Crippen LogP contribution in [0.25, 0.3) is 0 Å². The number of rotatable bonds is 7. The van der Waals surface area contributed by atoms with Crippen molar-refractivity contribution >= 4 is 11.8 Å². The summed E-state index contributed by atoms with van der Waals surface area (Å²) >= 11 is 0. The van der Waals surface area contributed by atoms with Crippen LogP contribution >= 0.6 is 0 Å². The topological polar surface area (TPSA) is 74.4 Å². The summed E-state index contributed by atoms with van der Waals surface area (Å²) in [5.41, 5.74) is -1.32. The van der Waals surface area contributed by atoms with E-state index >= 15 is 0 Å². The van der Waals surface area contributed by atoms with Gasteiger partial charge in [0, 0.05) is 29.9 Å². The molecule has 0 aromatic carbocycles. The van der Waals surface area contributed by atoms with Crippen molar-refractivity contribution in [3.63, 3.8) is 0 Å². The van der Waals surface area contributed by atoms with Crippen molar-refractivity contribution in [2.45, 2.75) is 58.0 Å². The number of aliphatic imine (C=N–C) groups is 1. The summed E-state index contributed by atoms with van der Waals surface area (Å²) in [7, 11) is 0. The van der Waals surface area contributed by atoms with E-state index in [0.717, 1.165) is 32.1 Å². The van der Waals surface area contributed by atoms with Crippen molar-refractivity contribution in [2.24, 2.45) is 15.2 Å². The van der Waals surface area contributed by atoms with Gasteiger partial charge >= 0.3 is 5.97 Å². The minimum Gasteiger partial charge on any atom is -0.478 e. The summed E-state index contributed by atoms with van der Waals surface area (Å²) in [6.07, 6.45) is 4.92. The molecule has 0 aliphatic carbocycles. The second-order valence-electron chi connectivity index (χ2n) is 4.06. The van der Waals surface area contributed by atoms with Crippen LogP contribution < -0.4 is 0 Å². The number of hydrogen-bond donors (Lipinski definition) is 1. The summed E-state index contributed by atoms with van der Waals surface area (Å²) < 4.78 is 0. The van der Waals surface area contributed by atoms with Gasteiger partial charge in [0.25, 0.3) is 5.66 Å². The molecular weight excluding hydrogens is 270 g/mol. The molecule has 0 fully saturated rings. The minimum absolute atomic E-state index is 0. The standard InChI is InChI=1S/C11H19N3O2.Cu/c1-3-5-7-9-12-11(10(15)16,14-13-9)8-6-4-2;/h3-8H2,1-2H3,(H,15,16);. The fourth-order valence-electron chi connectivity index (χ4n) is 1.57. The van der Waals surface area contributed by atoms with Crippen molar-refractivity contribution in [1.82, 2.24) is 0 Å². The van der Waals surface area contributed by atoms with Gasteiger partial charge in [-0.05, 0) is 12.8 Å². The molecule has 0 saturated carbocycles. The van der Waals surface area contributed by atoms with Crippen LogP contribution in [0.1, 0.15) is 52.4 Å². The summed E-state index contributed by atoms with van der Waals surface area (Å²) in [5.74, 6) is -0.406. The minimum atomic E-state index is -1.32. The third kappa shape index (κ3) is 4.20. The van der Waals surface area contributed by atoms with Gasteiger partial charge in [0.15, 0.2) is 0 Å². The smallest absolute Gasteiger partial charge is 0.356 e. The van der Waals surface area contributed by atoms with E-state index in [1.807, 2.05) is 6.92 Å². The second kappa shape index (κ2) is 7.56. The first kappa shape index (κ1) is 16.3. The number of azo groups is 1. The van der Waals surface area contributed by atoms with Crippen LogP contribution in [-0.4, -0.2) is 22.6 Å². The molecule has 1 aliphatic rings. The quantitative estimate of drug-likeness (QED) is 0.731. The van der Waals surface area contributed by atoms with E-state index in [-0.39, 0.29) is 17.1 Å². The van der Waals surface area contributed by atoms with Gasteiger partial charge in [-0.15, -0.1) is 10.2 Å². The molecule has 1 N–H and O–H groups in total. The van der Waals surface area contributed by atoms with E-state index in [2.05, 4.69) is 22.1 Å². The molecule has 5 nitrogen and oxygen atoms in total. The molecule has 6 heteroatoms. The number of carbonyl (C=O) groups is 1. The Morgan fingerprint density at radius 3 is 2.47 bits per heavy atom. The van der Waals surface area contributed by atoms with Gasteiger partial charge in [-0.1, -0.05) is 26.7 Å². The zero-order valence-corrected chi connectivity index (χ0v) is 11.2. The molecule has 0 aromatic heterocycles. The molecule has 0 amide bonds. The fourth-order valence-corrected chi connectivity index (χ4v) is 1.57. The number of carboxylic acids is 1. The van der Waals surface area contributed by atoms with Crippen LogP contribution in [0.3, 0.4) is 0 Å². The van der Waals surface area contributed by atoms with Gasteiger partial charge in [-0.3, -0.25) is 0 Å². The van der Waals surface area contributed by atoms with Crippen LogP contribution in [0.2, 0.25) is 0 Å². The monoisotopic (exact) mass is 288 g/mol. The second-order valence-corrected chi connectivity index (χ2v) is 4.06. The molecule has 17 heavy (non-hydrogen) atoms. The molecule has 1 aliphatic heterocycles. The third-order valence-electron chi connectivity index (χ3n) is 2.62. The Morgan fingerprint density at radius 1 is 1.29 bits per heavy atom. The van der Waals surface area contributed by atoms with E-state index in [4.69, 9.17) is 0 Å². The van der Waals surface area contributed by atoms with Crippen LogP contribution in [0.4, 0.5) is 0 Å². The number of amidine groups is 1. The zero-order valence-electron chi connectivity index (χ0n) is 10.2. The first-order chi connectivity index (χ1) is 7.64. The van der Waals surface area contributed by atoms with Crippen molar-refractivity contribution in [3.8, 4) is 0 Å². The number of carboxylic acid groups (broad SMARTS) is 1. The number of nitrogens with zero attached hydrogens (tertiary/aromatic N) is 3. The van der Waals surface area contributed by atoms with Crippen molar-refractivity contribution in [2.75, 3.05) is 0 Å². The maximum atomic E-state index is 11.2. The van der Waals surface area contributed by atoms with Gasteiger partial charge in [0.1, 0.15) is 5.84 Å². The van der Waals surface area contributed by atoms with E-state index in [9.17, 15) is 9.90 Å². The maximum Gasteiger partial charge on any atom is 0.356 e. The number of unbranched alkanes of at least 4 members (excludes halogenated alkanes) is 2. The Balaban J connectivity index is 0.00000256.